The first-order valence-corrected chi connectivity index (χ1v) is 10.9. The maximum atomic E-state index is 14.3. The smallest absolute Gasteiger partial charge is 0.258 e. The topological polar surface area (TPSA) is 66.5 Å². The van der Waals surface area contributed by atoms with Gasteiger partial charge in [-0.3, -0.25) is 4.79 Å². The summed E-state index contributed by atoms with van der Waals surface area (Å²) in [5, 5.41) is 2.82. The summed E-state index contributed by atoms with van der Waals surface area (Å²) in [6.07, 6.45) is 0.959. The molecule has 0 saturated carbocycles. The summed E-state index contributed by atoms with van der Waals surface area (Å²) in [4.78, 5) is 12.4. The molecule has 0 spiro atoms. The maximum absolute atomic E-state index is 14.3. The molecule has 2 atom stereocenters. The molecule has 5 nitrogen and oxygen atoms in total. The van der Waals surface area contributed by atoms with Crippen LogP contribution in [0.2, 0.25) is 5.02 Å². The van der Waals surface area contributed by atoms with Gasteiger partial charge in [0, 0.05) is 13.1 Å². The molecule has 2 aromatic rings. The van der Waals surface area contributed by atoms with Gasteiger partial charge in [0.05, 0.1) is 21.2 Å². The van der Waals surface area contributed by atoms with E-state index < -0.39 is 21.7 Å². The first-order chi connectivity index (χ1) is 13.2. The molecule has 1 saturated heterocycles. The zero-order valence-corrected chi connectivity index (χ0v) is 17.2. The lowest BCUT2D eigenvalue weighted by Gasteiger charge is -2.34. The van der Waals surface area contributed by atoms with Crippen molar-refractivity contribution in [2.75, 3.05) is 18.4 Å². The number of para-hydroxylation sites is 1. The number of nitrogens with zero attached hydrogens (tertiary/aromatic N) is 1. The number of carbonyl (C=O) groups excluding carboxylic acids is 1. The average Bonchev–Trinajstić information content (AvgIpc) is 2.63. The van der Waals surface area contributed by atoms with Crippen LogP contribution < -0.4 is 5.32 Å². The molecule has 1 aliphatic rings. The Hall–Kier alpha value is -1.96. The normalized spacial score (nSPS) is 20.7. The van der Waals surface area contributed by atoms with E-state index in [1.807, 2.05) is 13.8 Å². The Morgan fingerprint density at radius 2 is 1.79 bits per heavy atom. The fraction of sp³-hybridized carbons (Fsp3) is 0.350. The molecule has 1 heterocycles. The van der Waals surface area contributed by atoms with Gasteiger partial charge in [-0.25, -0.2) is 12.8 Å². The second-order valence-electron chi connectivity index (χ2n) is 7.34. The van der Waals surface area contributed by atoms with Crippen molar-refractivity contribution < 1.29 is 17.6 Å². The number of hydrogen-bond donors (Lipinski definition) is 1. The molecule has 0 aromatic heterocycles. The van der Waals surface area contributed by atoms with Crippen molar-refractivity contribution in [1.29, 1.82) is 0 Å². The zero-order chi connectivity index (χ0) is 20.5. The van der Waals surface area contributed by atoms with E-state index in [2.05, 4.69) is 5.32 Å². The third-order valence-electron chi connectivity index (χ3n) is 4.78. The molecule has 1 fully saturated rings. The Kier molecular flexibility index (Phi) is 6.07. The van der Waals surface area contributed by atoms with Crippen LogP contribution in [0, 0.1) is 17.7 Å². The van der Waals surface area contributed by atoms with Gasteiger partial charge in [0.15, 0.2) is 0 Å². The Labute approximate surface area is 169 Å². The Morgan fingerprint density at radius 1 is 1.14 bits per heavy atom. The maximum Gasteiger partial charge on any atom is 0.258 e. The number of rotatable bonds is 4. The summed E-state index contributed by atoms with van der Waals surface area (Å²) >= 11 is 6.02. The van der Waals surface area contributed by atoms with E-state index in [1.165, 1.54) is 10.4 Å². The highest BCUT2D eigenvalue weighted by Gasteiger charge is 2.32. The Morgan fingerprint density at radius 3 is 2.43 bits per heavy atom. The molecule has 2 aromatic carbocycles. The monoisotopic (exact) mass is 424 g/mol. The Balaban J connectivity index is 1.90. The molecule has 3 rings (SSSR count). The summed E-state index contributed by atoms with van der Waals surface area (Å²) in [6.45, 7) is 4.83. The molecular formula is C20H22ClFN2O3S. The molecular weight excluding hydrogens is 403 g/mol. The highest BCUT2D eigenvalue weighted by Crippen LogP contribution is 2.28. The molecule has 0 aliphatic carbocycles. The van der Waals surface area contributed by atoms with Gasteiger partial charge in [-0.15, -0.1) is 0 Å². The molecule has 1 N–H and O–H groups in total. The van der Waals surface area contributed by atoms with Gasteiger partial charge < -0.3 is 5.32 Å². The van der Waals surface area contributed by atoms with E-state index in [0.717, 1.165) is 18.6 Å². The third-order valence-corrected chi connectivity index (χ3v) is 6.93. The largest absolute Gasteiger partial charge is 0.321 e. The minimum atomic E-state index is -3.82. The molecule has 0 unspecified atom stereocenters. The van der Waals surface area contributed by atoms with Crippen molar-refractivity contribution >= 4 is 33.2 Å². The van der Waals surface area contributed by atoms with Gasteiger partial charge in [-0.1, -0.05) is 37.6 Å². The SMILES string of the molecule is C[C@H]1C[C@H](C)CN(S(=O)(=O)c2ccc(F)c(C(=O)Nc3ccccc3Cl)c2)C1. The number of nitrogens with one attached hydrogen (secondary N) is 1. The van der Waals surface area contributed by atoms with Crippen LogP contribution in [0.4, 0.5) is 10.1 Å². The zero-order valence-electron chi connectivity index (χ0n) is 15.7. The lowest BCUT2D eigenvalue weighted by Crippen LogP contribution is -2.42. The average molecular weight is 425 g/mol. The lowest BCUT2D eigenvalue weighted by molar-refractivity contribution is 0.102. The van der Waals surface area contributed by atoms with E-state index in [9.17, 15) is 17.6 Å². The summed E-state index contributed by atoms with van der Waals surface area (Å²) in [5.74, 6) is -1.09. The van der Waals surface area contributed by atoms with E-state index in [4.69, 9.17) is 11.6 Å². The van der Waals surface area contributed by atoms with Crippen molar-refractivity contribution in [2.24, 2.45) is 11.8 Å². The minimum Gasteiger partial charge on any atom is -0.321 e. The predicted octanol–water partition coefficient (Wildman–Crippen LogP) is 4.40. The van der Waals surface area contributed by atoms with Crippen molar-refractivity contribution in [1.82, 2.24) is 4.31 Å². The predicted molar refractivity (Wildman–Crippen MR) is 108 cm³/mol. The van der Waals surface area contributed by atoms with E-state index >= 15 is 0 Å². The molecule has 1 aliphatic heterocycles. The number of carbonyl (C=O) groups is 1. The van der Waals surface area contributed by atoms with Crippen LogP contribution in [0.25, 0.3) is 0 Å². The number of benzene rings is 2. The highest BCUT2D eigenvalue weighted by molar-refractivity contribution is 7.89. The number of halogens is 2. The number of amides is 1. The van der Waals surface area contributed by atoms with Gasteiger partial charge in [-0.05, 0) is 48.6 Å². The number of hydrogen-bond acceptors (Lipinski definition) is 3. The second-order valence-corrected chi connectivity index (χ2v) is 9.69. The summed E-state index contributed by atoms with van der Waals surface area (Å²) < 4.78 is 41.7. The fourth-order valence-electron chi connectivity index (χ4n) is 3.54. The van der Waals surface area contributed by atoms with Crippen molar-refractivity contribution in [2.45, 2.75) is 25.2 Å². The van der Waals surface area contributed by atoms with Gasteiger partial charge in [0.1, 0.15) is 5.82 Å². The summed E-state index contributed by atoms with van der Waals surface area (Å²) in [6, 6.07) is 9.83. The first-order valence-electron chi connectivity index (χ1n) is 9.04. The van der Waals surface area contributed by atoms with E-state index in [-0.39, 0.29) is 22.3 Å². The fourth-order valence-corrected chi connectivity index (χ4v) is 5.43. The van der Waals surface area contributed by atoms with Gasteiger partial charge >= 0.3 is 0 Å². The number of sulfonamides is 1. The van der Waals surface area contributed by atoms with E-state index in [0.29, 0.717) is 23.8 Å². The Bertz CT molecular complexity index is 987. The lowest BCUT2D eigenvalue weighted by atomic mass is 9.94. The second kappa shape index (κ2) is 8.19. The first kappa shape index (κ1) is 20.8. The summed E-state index contributed by atoms with van der Waals surface area (Å²) in [5.41, 5.74) is -0.0281. The van der Waals surface area contributed by atoms with Crippen LogP contribution in [0.5, 0.6) is 0 Å². The molecule has 28 heavy (non-hydrogen) atoms. The van der Waals surface area contributed by atoms with Gasteiger partial charge in [-0.2, -0.15) is 4.31 Å². The minimum absolute atomic E-state index is 0.0977. The highest BCUT2D eigenvalue weighted by atomic mass is 35.5. The van der Waals surface area contributed by atoms with Gasteiger partial charge in [0.25, 0.3) is 5.91 Å². The van der Waals surface area contributed by atoms with E-state index in [1.54, 1.807) is 24.3 Å². The van der Waals surface area contributed by atoms with Crippen molar-refractivity contribution in [3.05, 3.63) is 58.9 Å². The summed E-state index contributed by atoms with van der Waals surface area (Å²) in [7, 11) is -3.82. The van der Waals surface area contributed by atoms with Gasteiger partial charge in [0.2, 0.25) is 10.0 Å². The number of anilines is 1. The molecule has 1 amide bonds. The molecule has 0 radical (unpaired) electrons. The number of piperidine rings is 1. The molecule has 150 valence electrons. The molecule has 0 bridgehead atoms. The third kappa shape index (κ3) is 4.37. The standard InChI is InChI=1S/C20H22ClFN2O3S/c1-13-9-14(2)12-24(11-13)28(26,27)15-7-8-18(22)16(10-15)20(25)23-19-6-4-3-5-17(19)21/h3-8,10,13-14H,9,11-12H2,1-2H3,(H,23,25)/t13-,14-/m0/s1. The van der Waals surface area contributed by atoms with Crippen LogP contribution in [-0.4, -0.2) is 31.7 Å². The quantitative estimate of drug-likeness (QED) is 0.791. The van der Waals surface area contributed by atoms with Crippen LogP contribution in [0.15, 0.2) is 47.4 Å². The molecule has 8 heteroatoms. The van der Waals surface area contributed by atoms with Crippen LogP contribution in [0.3, 0.4) is 0 Å². The van der Waals surface area contributed by atoms with Crippen molar-refractivity contribution in [3.63, 3.8) is 0 Å². The van der Waals surface area contributed by atoms with Crippen LogP contribution in [0.1, 0.15) is 30.6 Å². The van der Waals surface area contributed by atoms with Crippen molar-refractivity contribution in [3.8, 4) is 0 Å². The van der Waals surface area contributed by atoms with Crippen LogP contribution in [-0.2, 0) is 10.0 Å². The van der Waals surface area contributed by atoms with Crippen LogP contribution >= 0.6 is 11.6 Å².